The number of ether oxygens (including phenoxy) is 2. The SMILES string of the molecule is COc1ccc(OCc2c(Cl)cc(F)cc2[C@H](CO[Si](C)(C)C(C)(C)C)N[S@](=O)C(C)(C)C)cc1. The molecule has 5 nitrogen and oxygen atoms in total. The third kappa shape index (κ3) is 8.28. The summed E-state index contributed by atoms with van der Waals surface area (Å²) in [6.07, 6.45) is 0. The zero-order valence-corrected chi connectivity index (χ0v) is 24.8. The molecule has 0 saturated carbocycles. The predicted octanol–water partition coefficient (Wildman–Crippen LogP) is 7.18. The first-order valence-electron chi connectivity index (χ1n) is 11.6. The molecule has 0 unspecified atom stereocenters. The standard InChI is InChI=1S/C26H39ClFNO4SSi/c1-25(2,3)34(30)29-24(17-33-35(8,9)26(4,5)6)21-14-18(28)15-23(27)22(21)16-32-20-12-10-19(31-7)11-13-20/h10-15,24,29H,16-17H2,1-9H3/t24-,34+/m0/s1. The number of benzene rings is 2. The van der Waals surface area contributed by atoms with Crippen molar-refractivity contribution in [1.29, 1.82) is 0 Å². The Hall–Kier alpha value is -1.45. The van der Waals surface area contributed by atoms with Crippen molar-refractivity contribution in [1.82, 2.24) is 4.72 Å². The van der Waals surface area contributed by atoms with Gasteiger partial charge in [-0.05, 0) is 80.9 Å². The van der Waals surface area contributed by atoms with Crippen molar-refractivity contribution in [3.05, 3.63) is 58.4 Å². The van der Waals surface area contributed by atoms with E-state index >= 15 is 0 Å². The zero-order valence-electron chi connectivity index (χ0n) is 22.3. The van der Waals surface area contributed by atoms with Crippen LogP contribution >= 0.6 is 11.6 Å². The molecule has 196 valence electrons. The first-order chi connectivity index (χ1) is 16.0. The van der Waals surface area contributed by atoms with Crippen molar-refractivity contribution < 1.29 is 22.5 Å². The van der Waals surface area contributed by atoms with Gasteiger partial charge in [0.05, 0.1) is 40.5 Å². The Morgan fingerprint density at radius 1 is 1.06 bits per heavy atom. The fraction of sp³-hybridized carbons (Fsp3) is 0.538. The maximum absolute atomic E-state index is 14.6. The molecule has 2 atom stereocenters. The van der Waals surface area contributed by atoms with E-state index in [4.69, 9.17) is 25.5 Å². The Labute approximate surface area is 218 Å². The summed E-state index contributed by atoms with van der Waals surface area (Å²) in [6.45, 7) is 16.8. The fourth-order valence-electron chi connectivity index (χ4n) is 2.92. The molecule has 0 aliphatic carbocycles. The highest BCUT2D eigenvalue weighted by atomic mass is 35.5. The van der Waals surface area contributed by atoms with E-state index in [1.54, 1.807) is 31.4 Å². The molecule has 2 rings (SSSR count). The van der Waals surface area contributed by atoms with Crippen LogP contribution in [0.25, 0.3) is 0 Å². The normalized spacial score (nSPS) is 14.5. The molecule has 2 aromatic rings. The van der Waals surface area contributed by atoms with Crippen molar-refractivity contribution in [2.75, 3.05) is 13.7 Å². The summed E-state index contributed by atoms with van der Waals surface area (Å²) in [5.41, 5.74) is 1.19. The van der Waals surface area contributed by atoms with E-state index in [9.17, 15) is 8.60 Å². The van der Waals surface area contributed by atoms with Gasteiger partial charge in [-0.3, -0.25) is 0 Å². The molecule has 0 aromatic heterocycles. The second-order valence-corrected chi connectivity index (χ2v) is 18.3. The van der Waals surface area contributed by atoms with E-state index in [1.165, 1.54) is 12.1 Å². The average Bonchev–Trinajstić information content (AvgIpc) is 2.74. The largest absolute Gasteiger partial charge is 0.497 e. The first-order valence-corrected chi connectivity index (χ1v) is 16.1. The summed E-state index contributed by atoms with van der Waals surface area (Å²) in [4.78, 5) is 0. The van der Waals surface area contributed by atoms with Crippen molar-refractivity contribution in [2.45, 2.75) is 77.1 Å². The maximum atomic E-state index is 14.6. The number of hydrogen-bond donors (Lipinski definition) is 1. The van der Waals surface area contributed by atoms with Crippen LogP contribution in [0.15, 0.2) is 36.4 Å². The second kappa shape index (κ2) is 11.7. The van der Waals surface area contributed by atoms with E-state index in [-0.39, 0.29) is 23.3 Å². The van der Waals surface area contributed by atoms with E-state index in [2.05, 4.69) is 38.6 Å². The van der Waals surface area contributed by atoms with E-state index in [0.29, 0.717) is 16.9 Å². The summed E-state index contributed by atoms with van der Waals surface area (Å²) >= 11 is 6.51. The predicted molar refractivity (Wildman–Crippen MR) is 146 cm³/mol. The molecule has 0 spiro atoms. The summed E-state index contributed by atoms with van der Waals surface area (Å²) < 4.78 is 47.9. The molecule has 0 saturated heterocycles. The average molecular weight is 544 g/mol. The Bertz CT molecular complexity index is 1020. The highest BCUT2D eigenvalue weighted by Gasteiger charge is 2.38. The minimum absolute atomic E-state index is 0.0133. The van der Waals surface area contributed by atoms with Crippen LogP contribution in [0.3, 0.4) is 0 Å². The van der Waals surface area contributed by atoms with Gasteiger partial charge in [-0.25, -0.2) is 13.3 Å². The van der Waals surface area contributed by atoms with Crippen LogP contribution in [0, 0.1) is 5.82 Å². The molecule has 0 aliphatic heterocycles. The van der Waals surface area contributed by atoms with E-state index in [1.807, 2.05) is 20.8 Å². The fourth-order valence-corrected chi connectivity index (χ4v) is 5.01. The van der Waals surface area contributed by atoms with Crippen LogP contribution in [0.5, 0.6) is 11.5 Å². The summed E-state index contributed by atoms with van der Waals surface area (Å²) in [7, 11) is -1.95. The lowest BCUT2D eigenvalue weighted by molar-refractivity contribution is 0.253. The molecule has 0 fully saturated rings. The smallest absolute Gasteiger partial charge is 0.192 e. The second-order valence-electron chi connectivity index (χ2n) is 11.0. The number of nitrogens with one attached hydrogen (secondary N) is 1. The van der Waals surface area contributed by atoms with Crippen molar-refractivity contribution in [2.24, 2.45) is 0 Å². The number of rotatable bonds is 10. The molecule has 0 heterocycles. The number of halogens is 2. The van der Waals surface area contributed by atoms with Crippen molar-refractivity contribution in [3.63, 3.8) is 0 Å². The molecule has 2 aromatic carbocycles. The van der Waals surface area contributed by atoms with Gasteiger partial charge in [0.25, 0.3) is 0 Å². The highest BCUT2D eigenvalue weighted by Crippen LogP contribution is 2.38. The monoisotopic (exact) mass is 543 g/mol. The lowest BCUT2D eigenvalue weighted by Gasteiger charge is -2.38. The molecule has 0 radical (unpaired) electrons. The van der Waals surface area contributed by atoms with Gasteiger partial charge in [0.15, 0.2) is 8.32 Å². The molecule has 0 bridgehead atoms. The van der Waals surface area contributed by atoms with Crippen LogP contribution in [-0.2, 0) is 22.0 Å². The van der Waals surface area contributed by atoms with Gasteiger partial charge in [0.1, 0.15) is 23.9 Å². The molecular weight excluding hydrogens is 505 g/mol. The van der Waals surface area contributed by atoms with Gasteiger partial charge in [-0.1, -0.05) is 32.4 Å². The molecule has 9 heteroatoms. The molecule has 0 amide bonds. The minimum atomic E-state index is -2.13. The van der Waals surface area contributed by atoms with Crippen molar-refractivity contribution >= 4 is 30.9 Å². The third-order valence-electron chi connectivity index (χ3n) is 6.24. The first kappa shape index (κ1) is 29.8. The molecular formula is C26H39ClFNO4SSi. The number of hydrogen-bond acceptors (Lipinski definition) is 4. The van der Waals surface area contributed by atoms with E-state index in [0.717, 1.165) is 5.75 Å². The summed E-state index contributed by atoms with van der Waals surface area (Å²) in [5, 5.41) is 0.231. The van der Waals surface area contributed by atoms with Crippen LogP contribution in [0.1, 0.15) is 58.7 Å². The van der Waals surface area contributed by atoms with Gasteiger partial charge < -0.3 is 13.9 Å². The van der Waals surface area contributed by atoms with Gasteiger partial charge in [0.2, 0.25) is 0 Å². The van der Waals surface area contributed by atoms with Crippen LogP contribution in [0.2, 0.25) is 23.2 Å². The quantitative estimate of drug-likeness (QED) is 0.322. The van der Waals surface area contributed by atoms with Crippen LogP contribution in [0.4, 0.5) is 4.39 Å². The lowest BCUT2D eigenvalue weighted by atomic mass is 10.0. The zero-order chi connectivity index (χ0) is 26.6. The summed E-state index contributed by atoms with van der Waals surface area (Å²) in [5.74, 6) is 0.867. The van der Waals surface area contributed by atoms with Gasteiger partial charge in [-0.15, -0.1) is 0 Å². The Morgan fingerprint density at radius 3 is 2.14 bits per heavy atom. The van der Waals surface area contributed by atoms with Crippen molar-refractivity contribution in [3.8, 4) is 11.5 Å². The minimum Gasteiger partial charge on any atom is -0.497 e. The maximum Gasteiger partial charge on any atom is 0.192 e. The topological polar surface area (TPSA) is 56.8 Å². The molecule has 1 N–H and O–H groups in total. The Morgan fingerprint density at radius 2 is 1.63 bits per heavy atom. The van der Waals surface area contributed by atoms with E-state index < -0.39 is 35.9 Å². The van der Waals surface area contributed by atoms with Gasteiger partial charge >= 0.3 is 0 Å². The molecule has 35 heavy (non-hydrogen) atoms. The number of methoxy groups -OCH3 is 1. The third-order valence-corrected chi connectivity index (χ3v) is 12.7. The summed E-state index contributed by atoms with van der Waals surface area (Å²) in [6, 6.07) is 9.32. The Kier molecular flexibility index (Phi) is 9.98. The van der Waals surface area contributed by atoms with Gasteiger partial charge in [0, 0.05) is 5.56 Å². The van der Waals surface area contributed by atoms with Gasteiger partial charge in [-0.2, -0.15) is 0 Å². The Balaban J connectivity index is 2.42. The molecule has 0 aliphatic rings. The highest BCUT2D eigenvalue weighted by molar-refractivity contribution is 7.84. The van der Waals surface area contributed by atoms with Crippen LogP contribution in [-0.4, -0.2) is 31.0 Å². The lowest BCUT2D eigenvalue weighted by Crippen LogP contribution is -2.44. The van der Waals surface area contributed by atoms with Crippen LogP contribution < -0.4 is 14.2 Å².